The minimum Gasteiger partial charge on any atom is -0.496 e. The number of hydrogen-bond donors (Lipinski definition) is 0. The highest BCUT2D eigenvalue weighted by molar-refractivity contribution is 6.31. The molecule has 1 aliphatic carbocycles. The molecule has 0 amide bonds. The number of pyridine rings is 1. The van der Waals surface area contributed by atoms with E-state index < -0.39 is 0 Å². The van der Waals surface area contributed by atoms with E-state index >= 15 is 0 Å². The van der Waals surface area contributed by atoms with Gasteiger partial charge in [0.15, 0.2) is 0 Å². The second-order valence-corrected chi connectivity index (χ2v) is 11.1. The first-order chi connectivity index (χ1) is 20.6. The highest BCUT2D eigenvalue weighted by Gasteiger charge is 2.24. The summed E-state index contributed by atoms with van der Waals surface area (Å²) >= 11 is 6.27. The lowest BCUT2D eigenvalue weighted by Crippen LogP contribution is -2.12. The van der Waals surface area contributed by atoms with Crippen molar-refractivity contribution in [1.82, 2.24) is 4.98 Å². The average Bonchev–Trinajstić information content (AvgIpc) is 3.04. The monoisotopic (exact) mass is 577 g/mol. The molecule has 1 heterocycles. The Morgan fingerprint density at radius 3 is 2.43 bits per heavy atom. The number of aromatic nitrogens is 1. The molecular weight excluding hydrogens is 545 g/mol. The van der Waals surface area contributed by atoms with Crippen molar-refractivity contribution in [3.63, 3.8) is 0 Å². The van der Waals surface area contributed by atoms with Gasteiger partial charge in [0.1, 0.15) is 17.3 Å². The summed E-state index contributed by atoms with van der Waals surface area (Å²) in [5.74, 6) is 1.83. The van der Waals surface area contributed by atoms with Gasteiger partial charge in [-0.15, -0.1) is 0 Å². The Kier molecular flexibility index (Phi) is 8.25. The maximum Gasteiger partial charge on any atom is 0.131 e. The van der Waals surface area contributed by atoms with Crippen LogP contribution in [0.1, 0.15) is 41.9 Å². The van der Waals surface area contributed by atoms with Crippen LogP contribution in [0, 0.1) is 5.82 Å². The third kappa shape index (κ3) is 5.39. The lowest BCUT2D eigenvalue weighted by Gasteiger charge is -2.28. The van der Waals surface area contributed by atoms with Crippen LogP contribution in [0.15, 0.2) is 97.3 Å². The first-order valence-electron chi connectivity index (χ1n) is 14.4. The Balaban J connectivity index is 0.000000265. The van der Waals surface area contributed by atoms with E-state index in [0.29, 0.717) is 22.9 Å². The minimum atomic E-state index is -0.211. The quantitative estimate of drug-likeness (QED) is 0.191. The molecule has 3 nitrogen and oxygen atoms in total. The Bertz CT molecular complexity index is 1800. The fraction of sp³-hybridized carbons (Fsp3) is 0.216. The van der Waals surface area contributed by atoms with E-state index in [0.717, 1.165) is 48.0 Å². The summed E-state index contributed by atoms with van der Waals surface area (Å²) in [5, 5.41) is 7.57. The molecule has 6 aromatic rings. The second-order valence-electron chi connectivity index (χ2n) is 10.7. The number of nitrogens with zero attached hydrogens (tertiary/aromatic N) is 1. The first-order valence-corrected chi connectivity index (χ1v) is 14.8. The molecule has 42 heavy (non-hydrogen) atoms. The molecule has 1 aromatic heterocycles. The summed E-state index contributed by atoms with van der Waals surface area (Å²) in [5.41, 5.74) is 3.39. The number of aryl methyl sites for hydroxylation is 1. The molecule has 0 N–H and O–H groups in total. The smallest absolute Gasteiger partial charge is 0.131 e. The Morgan fingerprint density at radius 2 is 1.64 bits per heavy atom. The summed E-state index contributed by atoms with van der Waals surface area (Å²) in [6.45, 7) is 0. The lowest BCUT2D eigenvalue weighted by atomic mass is 9.77. The number of ether oxygens (including phenoxy) is 2. The molecule has 1 unspecified atom stereocenters. The van der Waals surface area contributed by atoms with Gasteiger partial charge in [-0.1, -0.05) is 66.2 Å². The van der Waals surface area contributed by atoms with Gasteiger partial charge in [-0.2, -0.15) is 0 Å². The van der Waals surface area contributed by atoms with E-state index in [4.69, 9.17) is 21.1 Å². The van der Waals surface area contributed by atoms with Crippen molar-refractivity contribution in [2.75, 3.05) is 14.2 Å². The van der Waals surface area contributed by atoms with Crippen LogP contribution in [0.3, 0.4) is 0 Å². The van der Waals surface area contributed by atoms with E-state index in [2.05, 4.69) is 41.4 Å². The van der Waals surface area contributed by atoms with Gasteiger partial charge >= 0.3 is 0 Å². The second kappa shape index (κ2) is 12.4. The molecule has 0 radical (unpaired) electrons. The number of benzene rings is 5. The molecule has 0 fully saturated rings. The van der Waals surface area contributed by atoms with E-state index in [1.165, 1.54) is 38.7 Å². The van der Waals surface area contributed by atoms with Gasteiger partial charge in [0.05, 0.1) is 19.6 Å². The highest BCUT2D eigenvalue weighted by Crippen LogP contribution is 2.44. The van der Waals surface area contributed by atoms with Crippen molar-refractivity contribution in [2.45, 2.75) is 38.0 Å². The molecule has 7 rings (SSSR count). The van der Waals surface area contributed by atoms with Gasteiger partial charge in [-0.25, -0.2) is 4.39 Å². The van der Waals surface area contributed by atoms with Gasteiger partial charge in [0.2, 0.25) is 0 Å². The van der Waals surface area contributed by atoms with Gasteiger partial charge < -0.3 is 9.47 Å². The third-order valence-electron chi connectivity index (χ3n) is 8.44. The van der Waals surface area contributed by atoms with Crippen molar-refractivity contribution in [3.8, 4) is 11.5 Å². The van der Waals surface area contributed by atoms with Crippen LogP contribution in [-0.2, 0) is 12.8 Å². The number of methoxy groups -OCH3 is 2. The van der Waals surface area contributed by atoms with Crippen molar-refractivity contribution < 1.29 is 13.9 Å². The number of fused-ring (bicyclic) bond motifs is 6. The minimum absolute atomic E-state index is 0.211. The average molecular weight is 578 g/mol. The van der Waals surface area contributed by atoms with Gasteiger partial charge in [-0.3, -0.25) is 4.98 Å². The summed E-state index contributed by atoms with van der Waals surface area (Å²) in [7, 11) is 3.40. The highest BCUT2D eigenvalue weighted by atomic mass is 35.5. The van der Waals surface area contributed by atoms with E-state index in [1.54, 1.807) is 26.4 Å². The number of hydrogen-bond acceptors (Lipinski definition) is 3. The molecule has 0 aliphatic heterocycles. The fourth-order valence-electron chi connectivity index (χ4n) is 6.38. The maximum absolute atomic E-state index is 14.3. The van der Waals surface area contributed by atoms with E-state index in [1.807, 2.05) is 42.7 Å². The van der Waals surface area contributed by atoms with Crippen molar-refractivity contribution >= 4 is 43.9 Å². The van der Waals surface area contributed by atoms with Gasteiger partial charge in [0, 0.05) is 23.0 Å². The maximum atomic E-state index is 14.3. The van der Waals surface area contributed by atoms with Crippen molar-refractivity contribution in [2.24, 2.45) is 0 Å². The summed E-state index contributed by atoms with van der Waals surface area (Å²) in [4.78, 5) is 4.01. The molecule has 0 bridgehead atoms. The molecular formula is C37H33ClFNO2. The fourth-order valence-corrected chi connectivity index (χ4v) is 6.64. The van der Waals surface area contributed by atoms with E-state index in [9.17, 15) is 4.39 Å². The van der Waals surface area contributed by atoms with Crippen LogP contribution in [-0.4, -0.2) is 19.2 Å². The summed E-state index contributed by atoms with van der Waals surface area (Å²) < 4.78 is 25.7. The lowest BCUT2D eigenvalue weighted by molar-refractivity contribution is 0.405. The predicted molar refractivity (Wildman–Crippen MR) is 172 cm³/mol. The zero-order chi connectivity index (χ0) is 29.1. The third-order valence-corrected chi connectivity index (χ3v) is 8.80. The standard InChI is InChI=1S/C28H26ClFO2.C9H7N/c1-31-26-11-4-8-21-20-15-14-18-17(12-13-22-24(29)9-5-10-25(22)30)6-3-7-19(18)23(20)16-27(32-2)28(21)26;1-2-4-9-7-10-6-5-8(9)3-1/h4-5,8-11,14-17H,3,6-7,12-13H2,1-2H3;1-7H. The Hall–Kier alpha value is -4.15. The van der Waals surface area contributed by atoms with Crippen molar-refractivity contribution in [1.29, 1.82) is 0 Å². The Morgan fingerprint density at radius 1 is 0.833 bits per heavy atom. The predicted octanol–water partition coefficient (Wildman–Crippen LogP) is 10.1. The van der Waals surface area contributed by atoms with Crippen LogP contribution in [0.4, 0.5) is 4.39 Å². The topological polar surface area (TPSA) is 31.4 Å². The summed E-state index contributed by atoms with van der Waals surface area (Å²) in [6, 6.07) is 27.9. The molecule has 0 spiro atoms. The van der Waals surface area contributed by atoms with Crippen LogP contribution in [0.5, 0.6) is 11.5 Å². The van der Waals surface area contributed by atoms with E-state index in [-0.39, 0.29) is 5.82 Å². The van der Waals surface area contributed by atoms with Crippen LogP contribution >= 0.6 is 11.6 Å². The van der Waals surface area contributed by atoms with Crippen LogP contribution in [0.25, 0.3) is 32.3 Å². The zero-order valence-corrected chi connectivity index (χ0v) is 24.6. The molecule has 5 aromatic carbocycles. The van der Waals surface area contributed by atoms with Gasteiger partial charge in [0.25, 0.3) is 0 Å². The Labute approximate surface area is 250 Å². The number of halogens is 2. The molecule has 0 saturated heterocycles. The number of rotatable bonds is 5. The zero-order valence-electron chi connectivity index (χ0n) is 23.9. The SMILES string of the molecule is COc1cccc2c1c(OC)cc1c3c(ccc12)C(CCc1c(F)cccc1Cl)CCC3.c1ccc2cnccc2c1. The van der Waals surface area contributed by atoms with Crippen molar-refractivity contribution in [3.05, 3.63) is 125 Å². The largest absolute Gasteiger partial charge is 0.496 e. The molecule has 0 saturated carbocycles. The normalized spacial score (nSPS) is 14.3. The molecule has 5 heteroatoms. The van der Waals surface area contributed by atoms with Crippen LogP contribution < -0.4 is 9.47 Å². The van der Waals surface area contributed by atoms with Gasteiger partial charge in [-0.05, 0) is 106 Å². The first kappa shape index (κ1) is 28.0. The summed E-state index contributed by atoms with van der Waals surface area (Å²) in [6.07, 6.45) is 8.49. The van der Waals surface area contributed by atoms with Crippen LogP contribution in [0.2, 0.25) is 5.02 Å². The molecule has 1 atom stereocenters. The molecule has 1 aliphatic rings. The molecule has 212 valence electrons.